The van der Waals surface area contributed by atoms with Crippen LogP contribution in [0.15, 0.2) is 53.1 Å². The Kier molecular flexibility index (Phi) is 3.14. The lowest BCUT2D eigenvalue weighted by Gasteiger charge is -2.01. The van der Waals surface area contributed by atoms with Crippen LogP contribution in [0.5, 0.6) is 0 Å². The van der Waals surface area contributed by atoms with E-state index in [1.807, 2.05) is 18.2 Å². The van der Waals surface area contributed by atoms with Crippen LogP contribution in [0.2, 0.25) is 5.02 Å². The smallest absolute Gasteiger partial charge is 0.0457 e. The molecule has 3 rings (SSSR count). The molecule has 18 heavy (non-hydrogen) atoms. The summed E-state index contributed by atoms with van der Waals surface area (Å²) < 4.78 is 1.10. The van der Waals surface area contributed by atoms with Crippen LogP contribution >= 0.6 is 27.5 Å². The van der Waals surface area contributed by atoms with E-state index < -0.39 is 0 Å². The molecule has 1 nitrogen and oxygen atoms in total. The normalized spacial score (nSPS) is 11.0. The van der Waals surface area contributed by atoms with Crippen LogP contribution in [0.3, 0.4) is 0 Å². The van der Waals surface area contributed by atoms with Crippen molar-refractivity contribution in [1.82, 2.24) is 4.98 Å². The highest BCUT2D eigenvalue weighted by Crippen LogP contribution is 2.24. The molecule has 0 spiro atoms. The van der Waals surface area contributed by atoms with E-state index in [0.29, 0.717) is 0 Å². The second kappa shape index (κ2) is 4.79. The molecule has 0 aliphatic rings. The summed E-state index contributed by atoms with van der Waals surface area (Å²) in [6.07, 6.45) is 2.97. The molecule has 90 valence electrons. The maximum absolute atomic E-state index is 6.05. The molecule has 3 aromatic rings. The van der Waals surface area contributed by atoms with Crippen LogP contribution in [-0.4, -0.2) is 4.98 Å². The van der Waals surface area contributed by atoms with E-state index in [9.17, 15) is 0 Å². The zero-order valence-electron chi connectivity index (χ0n) is 9.58. The van der Waals surface area contributed by atoms with E-state index in [0.717, 1.165) is 21.4 Å². The van der Waals surface area contributed by atoms with Gasteiger partial charge >= 0.3 is 0 Å². The number of hydrogen-bond donors (Lipinski definition) is 1. The number of aromatic amines is 1. The van der Waals surface area contributed by atoms with Gasteiger partial charge < -0.3 is 4.98 Å². The first-order chi connectivity index (χ1) is 8.72. The van der Waals surface area contributed by atoms with Crippen molar-refractivity contribution in [1.29, 1.82) is 0 Å². The first-order valence-electron chi connectivity index (χ1n) is 5.72. The standard InChI is InChI=1S/C15H11BrClN/c16-12-3-1-10(2-4-12)7-11-9-18-15-6-5-13(17)8-14(11)15/h1-6,8-9,18H,7H2. The topological polar surface area (TPSA) is 15.8 Å². The van der Waals surface area contributed by atoms with Crippen molar-refractivity contribution in [2.45, 2.75) is 6.42 Å². The minimum Gasteiger partial charge on any atom is -0.361 e. The third-order valence-electron chi connectivity index (χ3n) is 3.04. The Balaban J connectivity index is 1.99. The minimum absolute atomic E-state index is 0.777. The number of nitrogens with one attached hydrogen (secondary N) is 1. The fraction of sp³-hybridized carbons (Fsp3) is 0.0667. The van der Waals surface area contributed by atoms with Crippen molar-refractivity contribution in [3.05, 3.63) is 69.3 Å². The van der Waals surface area contributed by atoms with E-state index in [4.69, 9.17) is 11.6 Å². The largest absolute Gasteiger partial charge is 0.361 e. The SMILES string of the molecule is Clc1ccc2[nH]cc(Cc3ccc(Br)cc3)c2c1. The number of fused-ring (bicyclic) bond motifs is 1. The third kappa shape index (κ3) is 2.31. The van der Waals surface area contributed by atoms with Crippen LogP contribution in [0.1, 0.15) is 11.1 Å². The molecular formula is C15H11BrClN. The molecular weight excluding hydrogens is 310 g/mol. The average molecular weight is 321 g/mol. The van der Waals surface area contributed by atoms with Gasteiger partial charge in [-0.1, -0.05) is 39.7 Å². The van der Waals surface area contributed by atoms with E-state index in [1.165, 1.54) is 16.5 Å². The quantitative estimate of drug-likeness (QED) is 0.670. The number of rotatable bonds is 2. The van der Waals surface area contributed by atoms with Gasteiger partial charge in [-0.25, -0.2) is 0 Å². The summed E-state index contributed by atoms with van der Waals surface area (Å²) in [5, 5.41) is 1.98. The lowest BCUT2D eigenvalue weighted by Crippen LogP contribution is -1.86. The molecule has 1 N–H and O–H groups in total. The fourth-order valence-corrected chi connectivity index (χ4v) is 2.56. The molecule has 3 heteroatoms. The Morgan fingerprint density at radius 1 is 1.06 bits per heavy atom. The zero-order chi connectivity index (χ0) is 12.5. The van der Waals surface area contributed by atoms with Crippen molar-refractivity contribution in [2.24, 2.45) is 0 Å². The van der Waals surface area contributed by atoms with Crippen molar-refractivity contribution in [3.8, 4) is 0 Å². The lowest BCUT2D eigenvalue weighted by molar-refractivity contribution is 1.20. The van der Waals surface area contributed by atoms with Crippen molar-refractivity contribution >= 4 is 38.4 Å². The van der Waals surface area contributed by atoms with E-state index in [-0.39, 0.29) is 0 Å². The summed E-state index contributed by atoms with van der Waals surface area (Å²) in [5.74, 6) is 0. The molecule has 0 amide bonds. The third-order valence-corrected chi connectivity index (χ3v) is 3.80. The molecule has 1 heterocycles. The zero-order valence-corrected chi connectivity index (χ0v) is 11.9. The molecule has 0 atom stereocenters. The Bertz CT molecular complexity index is 685. The Labute approximate surface area is 119 Å². The van der Waals surface area contributed by atoms with Gasteiger partial charge in [0.2, 0.25) is 0 Å². The highest BCUT2D eigenvalue weighted by Gasteiger charge is 2.05. The molecule has 1 aromatic heterocycles. The van der Waals surface area contributed by atoms with Gasteiger partial charge in [0.25, 0.3) is 0 Å². The van der Waals surface area contributed by atoms with Gasteiger partial charge in [0.15, 0.2) is 0 Å². The number of hydrogen-bond acceptors (Lipinski definition) is 0. The van der Waals surface area contributed by atoms with Gasteiger partial charge in [-0.15, -0.1) is 0 Å². The monoisotopic (exact) mass is 319 g/mol. The number of H-pyrrole nitrogens is 1. The van der Waals surface area contributed by atoms with Gasteiger partial charge in [-0.3, -0.25) is 0 Å². The van der Waals surface area contributed by atoms with Crippen LogP contribution < -0.4 is 0 Å². The van der Waals surface area contributed by atoms with Crippen molar-refractivity contribution < 1.29 is 0 Å². The summed E-state index contributed by atoms with van der Waals surface area (Å²) >= 11 is 9.50. The van der Waals surface area contributed by atoms with Gasteiger partial charge in [0, 0.05) is 26.6 Å². The second-order valence-corrected chi connectivity index (χ2v) is 5.66. The Hall–Kier alpha value is -1.25. The van der Waals surface area contributed by atoms with E-state index in [1.54, 1.807) is 0 Å². The number of halogens is 2. The van der Waals surface area contributed by atoms with Crippen molar-refractivity contribution in [3.63, 3.8) is 0 Å². The fourth-order valence-electron chi connectivity index (χ4n) is 2.12. The van der Waals surface area contributed by atoms with Crippen molar-refractivity contribution in [2.75, 3.05) is 0 Å². The summed E-state index contributed by atoms with van der Waals surface area (Å²) in [5.41, 5.74) is 3.69. The van der Waals surface area contributed by atoms with Gasteiger partial charge in [-0.2, -0.15) is 0 Å². The highest BCUT2D eigenvalue weighted by atomic mass is 79.9. The first-order valence-corrected chi connectivity index (χ1v) is 6.89. The molecule has 0 saturated heterocycles. The predicted octanol–water partition coefficient (Wildman–Crippen LogP) is 5.17. The molecule has 0 aliphatic heterocycles. The van der Waals surface area contributed by atoms with Crippen LogP contribution in [0, 0.1) is 0 Å². The molecule has 0 bridgehead atoms. The second-order valence-electron chi connectivity index (χ2n) is 4.31. The van der Waals surface area contributed by atoms with Gasteiger partial charge in [0.05, 0.1) is 0 Å². The number of aromatic nitrogens is 1. The average Bonchev–Trinajstić information content (AvgIpc) is 2.75. The molecule has 0 unspecified atom stereocenters. The van der Waals surface area contributed by atoms with Crippen LogP contribution in [0.4, 0.5) is 0 Å². The highest BCUT2D eigenvalue weighted by molar-refractivity contribution is 9.10. The molecule has 0 radical (unpaired) electrons. The maximum atomic E-state index is 6.05. The molecule has 0 aliphatic carbocycles. The Morgan fingerprint density at radius 3 is 2.61 bits per heavy atom. The predicted molar refractivity (Wildman–Crippen MR) is 80.3 cm³/mol. The summed E-state index contributed by atoms with van der Waals surface area (Å²) in [7, 11) is 0. The molecule has 2 aromatic carbocycles. The first kappa shape index (κ1) is 11.8. The maximum Gasteiger partial charge on any atom is 0.0457 e. The summed E-state index contributed by atoms with van der Waals surface area (Å²) in [6.45, 7) is 0. The van der Waals surface area contributed by atoms with Crippen LogP contribution in [-0.2, 0) is 6.42 Å². The van der Waals surface area contributed by atoms with Gasteiger partial charge in [0.1, 0.15) is 0 Å². The number of benzene rings is 2. The molecule has 0 fully saturated rings. The minimum atomic E-state index is 0.777. The lowest BCUT2D eigenvalue weighted by atomic mass is 10.0. The summed E-state index contributed by atoms with van der Waals surface area (Å²) in [4.78, 5) is 3.28. The molecule has 0 saturated carbocycles. The van der Waals surface area contributed by atoms with E-state index >= 15 is 0 Å². The summed E-state index contributed by atoms with van der Waals surface area (Å²) in [6, 6.07) is 14.3. The van der Waals surface area contributed by atoms with Gasteiger partial charge in [-0.05, 0) is 47.9 Å². The van der Waals surface area contributed by atoms with Crippen LogP contribution in [0.25, 0.3) is 10.9 Å². The van der Waals surface area contributed by atoms with E-state index in [2.05, 4.69) is 51.4 Å². The Morgan fingerprint density at radius 2 is 1.83 bits per heavy atom.